The molecule has 1 aliphatic heterocycles. The molecule has 0 aliphatic carbocycles. The van der Waals surface area contributed by atoms with E-state index in [4.69, 9.17) is 0 Å². The zero-order valence-corrected chi connectivity index (χ0v) is 13.8. The van der Waals surface area contributed by atoms with Crippen molar-refractivity contribution in [2.75, 3.05) is 11.9 Å². The summed E-state index contributed by atoms with van der Waals surface area (Å²) in [6, 6.07) is 6.63. The highest BCUT2D eigenvalue weighted by Crippen LogP contribution is 2.24. The molecule has 116 valence electrons. The number of nitrogens with one attached hydrogen (secondary N) is 1. The number of amides is 1. The van der Waals surface area contributed by atoms with Crippen molar-refractivity contribution in [2.45, 2.75) is 65.5 Å². The first kappa shape index (κ1) is 16.0. The highest BCUT2D eigenvalue weighted by Gasteiger charge is 2.31. The van der Waals surface area contributed by atoms with Gasteiger partial charge in [0.05, 0.1) is 6.04 Å². The minimum atomic E-state index is 0.0210. The van der Waals surface area contributed by atoms with Gasteiger partial charge in [-0.15, -0.1) is 0 Å². The van der Waals surface area contributed by atoms with Crippen LogP contribution in [-0.2, 0) is 4.79 Å². The lowest BCUT2D eigenvalue weighted by Crippen LogP contribution is -2.50. The van der Waals surface area contributed by atoms with Crippen LogP contribution in [0.1, 0.15) is 50.7 Å². The van der Waals surface area contributed by atoms with Crippen molar-refractivity contribution in [2.24, 2.45) is 0 Å². The molecule has 1 amide bonds. The fraction of sp³-hybridized carbons (Fsp3) is 0.611. The lowest BCUT2D eigenvalue weighted by atomic mass is 9.98. The largest absolute Gasteiger partial charge is 0.324 e. The summed E-state index contributed by atoms with van der Waals surface area (Å²) in [7, 11) is 0. The van der Waals surface area contributed by atoms with Crippen molar-refractivity contribution >= 4 is 11.6 Å². The quantitative estimate of drug-likeness (QED) is 0.911. The summed E-state index contributed by atoms with van der Waals surface area (Å²) in [6.07, 6.45) is 4.42. The number of anilines is 1. The molecule has 2 atom stereocenters. The number of piperidine rings is 1. The molecule has 2 rings (SSSR count). The van der Waals surface area contributed by atoms with Gasteiger partial charge >= 0.3 is 0 Å². The van der Waals surface area contributed by atoms with Gasteiger partial charge in [0.1, 0.15) is 0 Å². The molecule has 1 heterocycles. The highest BCUT2D eigenvalue weighted by atomic mass is 16.2. The normalized spacial score (nSPS) is 21.0. The Morgan fingerprint density at radius 1 is 1.33 bits per heavy atom. The number of benzene rings is 1. The fourth-order valence-electron chi connectivity index (χ4n) is 3.22. The molecule has 21 heavy (non-hydrogen) atoms. The van der Waals surface area contributed by atoms with Crippen LogP contribution in [0.25, 0.3) is 0 Å². The molecule has 3 heteroatoms. The van der Waals surface area contributed by atoms with E-state index in [0.29, 0.717) is 6.04 Å². The minimum Gasteiger partial charge on any atom is -0.324 e. The number of hydrogen-bond donors (Lipinski definition) is 1. The van der Waals surface area contributed by atoms with Gasteiger partial charge in [-0.25, -0.2) is 0 Å². The summed E-state index contributed by atoms with van der Waals surface area (Å²) in [5, 5.41) is 3.18. The van der Waals surface area contributed by atoms with Crippen LogP contribution in [0.5, 0.6) is 0 Å². The third-order valence-electron chi connectivity index (χ3n) is 4.73. The lowest BCUT2D eigenvalue weighted by molar-refractivity contribution is -0.123. The predicted molar refractivity (Wildman–Crippen MR) is 88.6 cm³/mol. The van der Waals surface area contributed by atoms with E-state index < -0.39 is 0 Å². The Hall–Kier alpha value is -1.35. The van der Waals surface area contributed by atoms with Crippen molar-refractivity contribution in [1.29, 1.82) is 0 Å². The average Bonchev–Trinajstić information content (AvgIpc) is 2.50. The van der Waals surface area contributed by atoms with E-state index in [1.54, 1.807) is 0 Å². The number of carbonyl (C=O) groups excluding carboxylic acids is 1. The summed E-state index contributed by atoms with van der Waals surface area (Å²) >= 11 is 0. The Morgan fingerprint density at radius 2 is 2.00 bits per heavy atom. The monoisotopic (exact) mass is 288 g/mol. The van der Waals surface area contributed by atoms with Gasteiger partial charge < -0.3 is 5.32 Å². The molecule has 3 nitrogen and oxygen atoms in total. The zero-order valence-electron chi connectivity index (χ0n) is 13.8. The summed E-state index contributed by atoms with van der Waals surface area (Å²) in [5.74, 6) is 0.160. The summed E-state index contributed by atoms with van der Waals surface area (Å²) < 4.78 is 0. The van der Waals surface area contributed by atoms with E-state index in [1.165, 1.54) is 6.42 Å². The number of para-hydroxylation sites is 1. The van der Waals surface area contributed by atoms with Crippen LogP contribution in [0.3, 0.4) is 0 Å². The van der Waals surface area contributed by atoms with Crippen LogP contribution >= 0.6 is 0 Å². The van der Waals surface area contributed by atoms with E-state index in [-0.39, 0.29) is 11.9 Å². The van der Waals surface area contributed by atoms with Gasteiger partial charge in [-0.1, -0.05) is 31.5 Å². The molecule has 1 aliphatic rings. The Bertz CT molecular complexity index is 478. The molecule has 1 saturated heterocycles. The number of carbonyl (C=O) groups is 1. The first-order valence-corrected chi connectivity index (χ1v) is 8.17. The number of rotatable bonds is 4. The highest BCUT2D eigenvalue weighted by molar-refractivity contribution is 5.96. The van der Waals surface area contributed by atoms with Crippen LogP contribution in [-0.4, -0.2) is 29.4 Å². The van der Waals surface area contributed by atoms with Gasteiger partial charge in [0.2, 0.25) is 5.91 Å². The third kappa shape index (κ3) is 3.65. The van der Waals surface area contributed by atoms with Crippen molar-refractivity contribution in [3.8, 4) is 0 Å². The van der Waals surface area contributed by atoms with Crippen LogP contribution in [0.4, 0.5) is 5.69 Å². The summed E-state index contributed by atoms with van der Waals surface area (Å²) in [4.78, 5) is 15.1. The molecular weight excluding hydrogens is 260 g/mol. The van der Waals surface area contributed by atoms with Gasteiger partial charge in [0.15, 0.2) is 0 Å². The third-order valence-corrected chi connectivity index (χ3v) is 4.73. The molecular formula is C18H28N2O. The van der Waals surface area contributed by atoms with Gasteiger partial charge in [-0.05, 0) is 57.7 Å². The van der Waals surface area contributed by atoms with E-state index in [0.717, 1.165) is 42.6 Å². The predicted octanol–water partition coefficient (Wildman–Crippen LogP) is 3.89. The minimum absolute atomic E-state index is 0.0210. The molecule has 1 aromatic carbocycles. The molecule has 0 radical (unpaired) electrons. The van der Waals surface area contributed by atoms with Crippen molar-refractivity contribution in [3.05, 3.63) is 29.3 Å². The summed E-state index contributed by atoms with van der Waals surface area (Å²) in [6.45, 7) is 9.57. The van der Waals surface area contributed by atoms with Crippen LogP contribution < -0.4 is 5.32 Å². The second-order valence-electron chi connectivity index (χ2n) is 6.26. The average molecular weight is 288 g/mol. The van der Waals surface area contributed by atoms with Gasteiger partial charge in [-0.3, -0.25) is 9.69 Å². The maximum Gasteiger partial charge on any atom is 0.241 e. The zero-order chi connectivity index (χ0) is 15.4. The molecule has 1 fully saturated rings. The maximum absolute atomic E-state index is 12.7. The van der Waals surface area contributed by atoms with Crippen molar-refractivity contribution < 1.29 is 4.79 Å². The van der Waals surface area contributed by atoms with Gasteiger partial charge in [0.25, 0.3) is 0 Å². The summed E-state index contributed by atoms with van der Waals surface area (Å²) in [5.41, 5.74) is 3.25. The first-order chi connectivity index (χ1) is 10.0. The van der Waals surface area contributed by atoms with Crippen LogP contribution in [0.2, 0.25) is 0 Å². The molecule has 1 aromatic rings. The maximum atomic E-state index is 12.7. The number of likely N-dealkylation sites (tertiary alicyclic amines) is 1. The molecule has 2 unspecified atom stereocenters. The standard InChI is InChI=1S/C18H28N2O/c1-5-15(4)20-12-7-6-11-16(20)18(21)19-17-13(2)9-8-10-14(17)3/h8-10,15-16H,5-7,11-12H2,1-4H3,(H,19,21). The van der Waals surface area contributed by atoms with Crippen molar-refractivity contribution in [3.63, 3.8) is 0 Å². The molecule has 0 bridgehead atoms. The van der Waals surface area contributed by atoms with Crippen LogP contribution in [0, 0.1) is 13.8 Å². The fourth-order valence-corrected chi connectivity index (χ4v) is 3.22. The van der Waals surface area contributed by atoms with E-state index >= 15 is 0 Å². The van der Waals surface area contributed by atoms with E-state index in [2.05, 4.69) is 50.0 Å². The second-order valence-corrected chi connectivity index (χ2v) is 6.26. The Balaban J connectivity index is 2.14. The smallest absolute Gasteiger partial charge is 0.241 e. The molecule has 1 N–H and O–H groups in total. The SMILES string of the molecule is CCC(C)N1CCCCC1C(=O)Nc1c(C)cccc1C. The number of hydrogen-bond acceptors (Lipinski definition) is 2. The van der Waals surface area contributed by atoms with E-state index in [1.807, 2.05) is 6.07 Å². The molecule has 0 saturated carbocycles. The van der Waals surface area contributed by atoms with Gasteiger partial charge in [0, 0.05) is 11.7 Å². The van der Waals surface area contributed by atoms with Crippen molar-refractivity contribution in [1.82, 2.24) is 4.90 Å². The number of aryl methyl sites for hydroxylation is 2. The number of nitrogens with zero attached hydrogens (tertiary/aromatic N) is 1. The molecule has 0 spiro atoms. The Morgan fingerprint density at radius 3 is 2.62 bits per heavy atom. The topological polar surface area (TPSA) is 32.3 Å². The lowest BCUT2D eigenvalue weighted by Gasteiger charge is -2.38. The Kier molecular flexibility index (Phi) is 5.40. The van der Waals surface area contributed by atoms with E-state index in [9.17, 15) is 4.79 Å². The van der Waals surface area contributed by atoms with Gasteiger partial charge in [-0.2, -0.15) is 0 Å². The first-order valence-electron chi connectivity index (χ1n) is 8.17. The van der Waals surface area contributed by atoms with Crippen LogP contribution in [0.15, 0.2) is 18.2 Å². The Labute approximate surface area is 128 Å². The molecule has 0 aromatic heterocycles. The second kappa shape index (κ2) is 7.08.